The zero-order valence-corrected chi connectivity index (χ0v) is 17.1. The van der Waals surface area contributed by atoms with Crippen molar-refractivity contribution in [1.82, 2.24) is 5.32 Å². The summed E-state index contributed by atoms with van der Waals surface area (Å²) in [7, 11) is 0. The number of aliphatic imine (C=N–C) groups is 1. The molecule has 0 saturated carbocycles. The van der Waals surface area contributed by atoms with Gasteiger partial charge in [-0.2, -0.15) is 0 Å². The lowest BCUT2D eigenvalue weighted by Crippen LogP contribution is -2.23. The first kappa shape index (κ1) is 21.0. The molecule has 25 heavy (non-hydrogen) atoms. The van der Waals surface area contributed by atoms with E-state index in [-0.39, 0.29) is 29.9 Å². The van der Waals surface area contributed by atoms with Crippen LogP contribution in [-0.4, -0.2) is 18.4 Å². The van der Waals surface area contributed by atoms with Crippen molar-refractivity contribution in [3.63, 3.8) is 0 Å². The Morgan fingerprint density at radius 2 is 1.80 bits per heavy atom. The van der Waals surface area contributed by atoms with Crippen molar-refractivity contribution in [3.05, 3.63) is 64.7 Å². The molecule has 0 spiro atoms. The lowest BCUT2D eigenvalue weighted by atomic mass is 10.1. The number of nitrogens with one attached hydrogen (secondary N) is 2. The number of benzene rings is 2. The average Bonchev–Trinajstić information content (AvgIpc) is 2.52. The maximum atomic E-state index is 11.9. The number of aryl methyl sites for hydroxylation is 2. The summed E-state index contributed by atoms with van der Waals surface area (Å²) in [4.78, 5) is 16.2. The number of nitrogens with zero attached hydrogens (tertiary/aromatic N) is 1. The van der Waals surface area contributed by atoms with Gasteiger partial charge in [-0.1, -0.05) is 18.2 Å². The highest BCUT2D eigenvalue weighted by Gasteiger charge is 2.04. The number of anilines is 1. The minimum atomic E-state index is -0.0790. The first-order valence-electron chi connectivity index (χ1n) is 8.00. The van der Waals surface area contributed by atoms with Crippen molar-refractivity contribution in [2.45, 2.75) is 27.3 Å². The lowest BCUT2D eigenvalue weighted by Gasteiger charge is -2.08. The number of nitrogens with two attached hydrogens (primary N) is 1. The van der Waals surface area contributed by atoms with Crippen LogP contribution in [0.3, 0.4) is 0 Å². The number of hydrogen-bond donors (Lipinski definition) is 3. The van der Waals surface area contributed by atoms with Gasteiger partial charge in [0.15, 0.2) is 5.96 Å². The van der Waals surface area contributed by atoms with Gasteiger partial charge in [0.1, 0.15) is 0 Å². The molecule has 6 heteroatoms. The maximum Gasteiger partial charge on any atom is 0.251 e. The van der Waals surface area contributed by atoms with Crippen LogP contribution in [0.5, 0.6) is 0 Å². The maximum absolute atomic E-state index is 11.9. The minimum Gasteiger partial charge on any atom is -0.370 e. The molecular weight excluding hydrogens is 427 g/mol. The molecular formula is C19H25IN4O. The number of rotatable bonds is 5. The van der Waals surface area contributed by atoms with Crippen molar-refractivity contribution >= 4 is 41.5 Å². The zero-order chi connectivity index (χ0) is 17.5. The van der Waals surface area contributed by atoms with Crippen LogP contribution in [0.15, 0.2) is 47.5 Å². The third-order valence-electron chi connectivity index (χ3n) is 3.45. The van der Waals surface area contributed by atoms with Gasteiger partial charge in [-0.15, -0.1) is 24.0 Å². The van der Waals surface area contributed by atoms with E-state index in [1.807, 2.05) is 51.1 Å². The van der Waals surface area contributed by atoms with Crippen LogP contribution >= 0.6 is 24.0 Å². The molecule has 0 heterocycles. The molecule has 0 radical (unpaired) electrons. The van der Waals surface area contributed by atoms with Gasteiger partial charge in [-0.05, 0) is 61.7 Å². The Labute approximate surface area is 166 Å². The monoisotopic (exact) mass is 452 g/mol. The SMILES string of the molecule is CCNC(=O)c1cccc(CN=C(N)Nc2cc(C)cc(C)c2)c1.I. The molecule has 5 nitrogen and oxygen atoms in total. The summed E-state index contributed by atoms with van der Waals surface area (Å²) in [6, 6.07) is 13.5. The Morgan fingerprint density at radius 3 is 2.44 bits per heavy atom. The molecule has 2 rings (SSSR count). The smallest absolute Gasteiger partial charge is 0.251 e. The summed E-state index contributed by atoms with van der Waals surface area (Å²) in [6.45, 7) is 6.99. The first-order chi connectivity index (χ1) is 11.5. The van der Waals surface area contributed by atoms with Crippen molar-refractivity contribution < 1.29 is 4.79 Å². The van der Waals surface area contributed by atoms with E-state index in [4.69, 9.17) is 5.73 Å². The summed E-state index contributed by atoms with van der Waals surface area (Å²) < 4.78 is 0. The number of guanidine groups is 1. The number of halogens is 1. The molecule has 2 aromatic carbocycles. The molecule has 0 atom stereocenters. The molecule has 0 unspecified atom stereocenters. The minimum absolute atomic E-state index is 0. The van der Waals surface area contributed by atoms with Gasteiger partial charge in [0.2, 0.25) is 0 Å². The van der Waals surface area contributed by atoms with Gasteiger partial charge in [0.25, 0.3) is 5.91 Å². The zero-order valence-electron chi connectivity index (χ0n) is 14.8. The van der Waals surface area contributed by atoms with Gasteiger partial charge in [-0.3, -0.25) is 4.79 Å². The lowest BCUT2D eigenvalue weighted by molar-refractivity contribution is 0.0955. The fourth-order valence-electron chi connectivity index (χ4n) is 2.48. The Balaban J connectivity index is 0.00000312. The highest BCUT2D eigenvalue weighted by molar-refractivity contribution is 14.0. The molecule has 0 aliphatic heterocycles. The van der Waals surface area contributed by atoms with Crippen LogP contribution < -0.4 is 16.4 Å². The molecule has 0 aliphatic carbocycles. The molecule has 0 saturated heterocycles. The molecule has 0 fully saturated rings. The summed E-state index contributed by atoms with van der Waals surface area (Å²) in [5.74, 6) is 0.271. The fraction of sp³-hybridized carbons (Fsp3) is 0.263. The first-order valence-corrected chi connectivity index (χ1v) is 8.00. The number of carbonyl (C=O) groups excluding carboxylic acids is 1. The van der Waals surface area contributed by atoms with E-state index < -0.39 is 0 Å². The predicted octanol–water partition coefficient (Wildman–Crippen LogP) is 3.60. The Kier molecular flexibility index (Phi) is 8.40. The summed E-state index contributed by atoms with van der Waals surface area (Å²) in [6.07, 6.45) is 0. The quantitative estimate of drug-likeness (QED) is 0.369. The van der Waals surface area contributed by atoms with Crippen LogP contribution in [0.25, 0.3) is 0 Å². The molecule has 1 amide bonds. The second kappa shape index (κ2) is 10.0. The van der Waals surface area contributed by atoms with Crippen molar-refractivity contribution in [2.75, 3.05) is 11.9 Å². The second-order valence-corrected chi connectivity index (χ2v) is 5.76. The van der Waals surface area contributed by atoms with Gasteiger partial charge in [0.05, 0.1) is 6.54 Å². The molecule has 0 aliphatic rings. The summed E-state index contributed by atoms with van der Waals surface area (Å²) >= 11 is 0. The van der Waals surface area contributed by atoms with E-state index in [1.165, 1.54) is 11.1 Å². The summed E-state index contributed by atoms with van der Waals surface area (Å²) in [5.41, 5.74) is 10.8. The predicted molar refractivity (Wildman–Crippen MR) is 115 cm³/mol. The molecule has 4 N–H and O–H groups in total. The standard InChI is InChI=1S/C19H24N4O.HI/c1-4-21-18(24)16-7-5-6-15(11-16)12-22-19(20)23-17-9-13(2)8-14(3)10-17;/h5-11H,4,12H2,1-3H3,(H,21,24)(H3,20,22,23);1H. The van der Waals surface area contributed by atoms with Gasteiger partial charge < -0.3 is 16.4 Å². The van der Waals surface area contributed by atoms with Gasteiger partial charge >= 0.3 is 0 Å². The average molecular weight is 452 g/mol. The largest absolute Gasteiger partial charge is 0.370 e. The topological polar surface area (TPSA) is 79.5 Å². The Morgan fingerprint density at radius 1 is 1.12 bits per heavy atom. The van der Waals surface area contributed by atoms with E-state index in [1.54, 1.807) is 6.07 Å². The van der Waals surface area contributed by atoms with Crippen LogP contribution in [0.2, 0.25) is 0 Å². The van der Waals surface area contributed by atoms with E-state index >= 15 is 0 Å². The molecule has 0 bridgehead atoms. The third-order valence-corrected chi connectivity index (χ3v) is 3.45. The van der Waals surface area contributed by atoms with Crippen molar-refractivity contribution in [1.29, 1.82) is 0 Å². The fourth-order valence-corrected chi connectivity index (χ4v) is 2.48. The Bertz CT molecular complexity index is 739. The van der Waals surface area contributed by atoms with Crippen molar-refractivity contribution in [3.8, 4) is 0 Å². The van der Waals surface area contributed by atoms with Gasteiger partial charge in [-0.25, -0.2) is 4.99 Å². The molecule has 0 aromatic heterocycles. The number of amides is 1. The van der Waals surface area contributed by atoms with E-state index in [9.17, 15) is 4.79 Å². The van der Waals surface area contributed by atoms with E-state index in [0.29, 0.717) is 24.6 Å². The van der Waals surface area contributed by atoms with Crippen LogP contribution in [-0.2, 0) is 6.54 Å². The van der Waals surface area contributed by atoms with E-state index in [0.717, 1.165) is 11.3 Å². The highest BCUT2D eigenvalue weighted by atomic mass is 127. The molecule has 2 aromatic rings. The molecule has 134 valence electrons. The van der Waals surface area contributed by atoms with E-state index in [2.05, 4.69) is 21.7 Å². The highest BCUT2D eigenvalue weighted by Crippen LogP contribution is 2.13. The summed E-state index contributed by atoms with van der Waals surface area (Å²) in [5, 5.41) is 5.89. The normalized spacial score (nSPS) is 10.8. The van der Waals surface area contributed by atoms with Crippen LogP contribution in [0, 0.1) is 13.8 Å². The van der Waals surface area contributed by atoms with Crippen LogP contribution in [0.1, 0.15) is 34.0 Å². The number of hydrogen-bond acceptors (Lipinski definition) is 2. The second-order valence-electron chi connectivity index (χ2n) is 5.76. The van der Waals surface area contributed by atoms with Gasteiger partial charge in [0, 0.05) is 17.8 Å². The number of carbonyl (C=O) groups is 1. The Hall–Kier alpha value is -2.09. The van der Waals surface area contributed by atoms with Crippen LogP contribution in [0.4, 0.5) is 5.69 Å². The van der Waals surface area contributed by atoms with Crippen molar-refractivity contribution in [2.24, 2.45) is 10.7 Å². The third kappa shape index (κ3) is 6.74.